The van der Waals surface area contributed by atoms with Crippen LogP contribution in [0.2, 0.25) is 10.2 Å². The van der Waals surface area contributed by atoms with Crippen LogP contribution in [0.3, 0.4) is 0 Å². The third-order valence-electron chi connectivity index (χ3n) is 6.21. The fourth-order valence-corrected chi connectivity index (χ4v) is 4.54. The summed E-state index contributed by atoms with van der Waals surface area (Å²) in [5, 5.41) is 19.3. The van der Waals surface area contributed by atoms with Crippen molar-refractivity contribution in [3.63, 3.8) is 0 Å². The Bertz CT molecular complexity index is 1130. The summed E-state index contributed by atoms with van der Waals surface area (Å²) in [5.41, 5.74) is 0.968. The molecule has 1 aliphatic heterocycles. The van der Waals surface area contributed by atoms with Crippen molar-refractivity contribution in [1.29, 1.82) is 0 Å². The molecule has 1 saturated heterocycles. The fourth-order valence-electron chi connectivity index (χ4n) is 3.94. The van der Waals surface area contributed by atoms with Crippen LogP contribution in [0.4, 0.5) is 16.0 Å². The summed E-state index contributed by atoms with van der Waals surface area (Å²) in [5.74, 6) is 0.0776. The second-order valence-electron chi connectivity index (χ2n) is 9.05. The first-order valence-corrected chi connectivity index (χ1v) is 11.3. The van der Waals surface area contributed by atoms with Crippen LogP contribution in [-0.2, 0) is 0 Å². The van der Waals surface area contributed by atoms with E-state index in [4.69, 9.17) is 23.2 Å². The standard InChI is InChI=1S/C22H27Cl2FN6O/c1-12(22(2,3)32)31-20(24)19(10-27-31)29-21-26-9-13-7-16(23)15(8-18(13)28-21)14-5-6-30(4)11-17(14)25/h7-10,12,14,17,32H,5-6,11H2,1-4H3,(H,26,28,29)/t12?,14-,17+/m1/s1. The van der Waals surface area contributed by atoms with Crippen LogP contribution in [0.25, 0.3) is 10.9 Å². The highest BCUT2D eigenvalue weighted by Crippen LogP contribution is 2.37. The van der Waals surface area contributed by atoms with Crippen LogP contribution in [0, 0.1) is 0 Å². The first-order valence-electron chi connectivity index (χ1n) is 10.6. The minimum Gasteiger partial charge on any atom is -0.388 e. The van der Waals surface area contributed by atoms with Crippen molar-refractivity contribution in [3.05, 3.63) is 40.3 Å². The number of piperidine rings is 1. The van der Waals surface area contributed by atoms with Crippen molar-refractivity contribution in [1.82, 2.24) is 24.6 Å². The van der Waals surface area contributed by atoms with Crippen LogP contribution in [0.1, 0.15) is 44.7 Å². The van der Waals surface area contributed by atoms with Crippen molar-refractivity contribution < 1.29 is 9.50 Å². The largest absolute Gasteiger partial charge is 0.388 e. The van der Waals surface area contributed by atoms with Gasteiger partial charge in [0.2, 0.25) is 5.95 Å². The lowest BCUT2D eigenvalue weighted by atomic mass is 9.87. The number of hydrogen-bond donors (Lipinski definition) is 2. The van der Waals surface area contributed by atoms with Gasteiger partial charge in [-0.15, -0.1) is 0 Å². The molecule has 3 atom stereocenters. The smallest absolute Gasteiger partial charge is 0.227 e. The molecule has 172 valence electrons. The summed E-state index contributed by atoms with van der Waals surface area (Å²) < 4.78 is 16.3. The first kappa shape index (κ1) is 23.2. The maximum absolute atomic E-state index is 14.7. The van der Waals surface area contributed by atoms with E-state index in [0.717, 1.165) is 17.5 Å². The Kier molecular flexibility index (Phi) is 6.33. The number of nitrogens with zero attached hydrogens (tertiary/aromatic N) is 5. The number of nitrogens with one attached hydrogen (secondary N) is 1. The number of fused-ring (bicyclic) bond motifs is 1. The van der Waals surface area contributed by atoms with Gasteiger partial charge >= 0.3 is 0 Å². The average molecular weight is 481 g/mol. The van der Waals surface area contributed by atoms with E-state index in [1.54, 1.807) is 37.0 Å². The highest BCUT2D eigenvalue weighted by molar-refractivity contribution is 6.32. The summed E-state index contributed by atoms with van der Waals surface area (Å²) in [6.45, 7) is 6.44. The Labute approximate surface area is 196 Å². The van der Waals surface area contributed by atoms with E-state index in [0.29, 0.717) is 40.3 Å². The molecule has 2 N–H and O–H groups in total. The van der Waals surface area contributed by atoms with E-state index in [2.05, 4.69) is 20.4 Å². The lowest BCUT2D eigenvalue weighted by molar-refractivity contribution is 0.0259. The lowest BCUT2D eigenvalue weighted by Crippen LogP contribution is -2.38. The predicted octanol–water partition coefficient (Wildman–Crippen LogP) is 4.97. The van der Waals surface area contributed by atoms with Crippen LogP contribution in [0.15, 0.2) is 24.5 Å². The van der Waals surface area contributed by atoms with Gasteiger partial charge in [0.25, 0.3) is 0 Å². The molecular weight excluding hydrogens is 454 g/mol. The SMILES string of the molecule is CC(n1ncc(Nc2ncc3cc(Cl)c([C@H]4CCN(C)C[C@@H]4F)cc3n2)c1Cl)C(C)(C)O. The molecule has 0 amide bonds. The van der Waals surface area contributed by atoms with Crippen molar-refractivity contribution in [2.75, 3.05) is 25.5 Å². The quantitative estimate of drug-likeness (QED) is 0.536. The third kappa shape index (κ3) is 4.55. The molecule has 0 saturated carbocycles. The molecular formula is C22H27Cl2FN6O. The van der Waals surface area contributed by atoms with Gasteiger partial charge in [0.1, 0.15) is 6.17 Å². The van der Waals surface area contributed by atoms with Crippen molar-refractivity contribution >= 4 is 45.7 Å². The summed E-state index contributed by atoms with van der Waals surface area (Å²) in [7, 11) is 1.92. The zero-order valence-electron chi connectivity index (χ0n) is 18.5. The van der Waals surface area contributed by atoms with Crippen LogP contribution in [0.5, 0.6) is 0 Å². The second-order valence-corrected chi connectivity index (χ2v) is 9.81. The van der Waals surface area contributed by atoms with E-state index < -0.39 is 11.8 Å². The Morgan fingerprint density at radius 2 is 2.03 bits per heavy atom. The highest BCUT2D eigenvalue weighted by Gasteiger charge is 2.31. The molecule has 2 aromatic heterocycles. The zero-order chi connectivity index (χ0) is 23.2. The third-order valence-corrected chi connectivity index (χ3v) is 6.92. The molecule has 0 radical (unpaired) electrons. The van der Waals surface area contributed by atoms with E-state index in [1.807, 2.05) is 24.9 Å². The minimum atomic E-state index is -0.996. The van der Waals surface area contributed by atoms with Gasteiger partial charge in [-0.3, -0.25) is 0 Å². The summed E-state index contributed by atoms with van der Waals surface area (Å²) in [4.78, 5) is 10.9. The molecule has 3 heterocycles. The van der Waals surface area contributed by atoms with E-state index in [-0.39, 0.29) is 12.0 Å². The Morgan fingerprint density at radius 3 is 2.72 bits per heavy atom. The minimum absolute atomic E-state index is 0.259. The van der Waals surface area contributed by atoms with Crippen LogP contribution >= 0.6 is 23.2 Å². The number of aliphatic hydroxyl groups is 1. The predicted molar refractivity (Wildman–Crippen MR) is 126 cm³/mol. The highest BCUT2D eigenvalue weighted by atomic mass is 35.5. The number of benzene rings is 1. The lowest BCUT2D eigenvalue weighted by Gasteiger charge is -2.33. The molecule has 7 nitrogen and oxygen atoms in total. The molecule has 0 bridgehead atoms. The second kappa shape index (κ2) is 8.74. The van der Waals surface area contributed by atoms with E-state index in [9.17, 15) is 9.50 Å². The van der Waals surface area contributed by atoms with Gasteiger partial charge in [-0.1, -0.05) is 23.2 Å². The van der Waals surface area contributed by atoms with Crippen molar-refractivity contribution in [2.24, 2.45) is 0 Å². The zero-order valence-corrected chi connectivity index (χ0v) is 20.0. The molecule has 0 aliphatic carbocycles. The number of hydrogen-bond acceptors (Lipinski definition) is 6. The number of likely N-dealkylation sites (tertiary alicyclic amines) is 1. The fraction of sp³-hybridized carbons (Fsp3) is 0.500. The monoisotopic (exact) mass is 480 g/mol. The van der Waals surface area contributed by atoms with Crippen LogP contribution < -0.4 is 5.32 Å². The Balaban J connectivity index is 1.63. The molecule has 4 rings (SSSR count). The Morgan fingerprint density at radius 1 is 1.28 bits per heavy atom. The number of halogens is 3. The van der Waals surface area contributed by atoms with Gasteiger partial charge in [-0.2, -0.15) is 5.10 Å². The average Bonchev–Trinajstić information content (AvgIpc) is 3.07. The number of rotatable bonds is 5. The maximum Gasteiger partial charge on any atom is 0.227 e. The van der Waals surface area contributed by atoms with Crippen LogP contribution in [-0.4, -0.2) is 61.7 Å². The van der Waals surface area contributed by atoms with Gasteiger partial charge in [-0.05, 0) is 58.5 Å². The van der Waals surface area contributed by atoms with E-state index >= 15 is 0 Å². The number of anilines is 2. The molecule has 1 aromatic carbocycles. The van der Waals surface area contributed by atoms with Gasteiger partial charge in [0, 0.05) is 29.1 Å². The molecule has 10 heteroatoms. The van der Waals surface area contributed by atoms with Gasteiger partial charge in [-0.25, -0.2) is 19.0 Å². The van der Waals surface area contributed by atoms with Crippen molar-refractivity contribution in [3.8, 4) is 0 Å². The summed E-state index contributed by atoms with van der Waals surface area (Å²) >= 11 is 13.0. The number of alkyl halides is 1. The molecule has 1 fully saturated rings. The normalized spacial score (nSPS) is 21.1. The molecule has 3 aromatic rings. The van der Waals surface area contributed by atoms with Gasteiger partial charge in [0.15, 0.2) is 5.15 Å². The molecule has 0 spiro atoms. The van der Waals surface area contributed by atoms with Gasteiger partial charge in [0.05, 0.1) is 29.0 Å². The van der Waals surface area contributed by atoms with Crippen molar-refractivity contribution in [2.45, 2.75) is 50.9 Å². The Hall–Kier alpha value is -2.00. The molecule has 1 aliphatic rings. The maximum atomic E-state index is 14.7. The summed E-state index contributed by atoms with van der Waals surface area (Å²) in [6.07, 6.45) is 2.95. The topological polar surface area (TPSA) is 79.1 Å². The van der Waals surface area contributed by atoms with E-state index in [1.165, 1.54) is 0 Å². The van der Waals surface area contributed by atoms with Gasteiger partial charge < -0.3 is 15.3 Å². The molecule has 32 heavy (non-hydrogen) atoms. The summed E-state index contributed by atoms with van der Waals surface area (Å²) in [6, 6.07) is 3.31. The number of aromatic nitrogens is 4. The first-order chi connectivity index (χ1) is 15.0. The molecule has 1 unspecified atom stereocenters.